The molecule has 2 aromatic carbocycles. The molecule has 0 saturated carbocycles. The van der Waals surface area contributed by atoms with Crippen LogP contribution in [0.4, 0.5) is 11.4 Å². The fraction of sp³-hybridized carbons (Fsp3) is 0.316. The van der Waals surface area contributed by atoms with E-state index in [2.05, 4.69) is 5.32 Å². The molecule has 156 valence electrons. The van der Waals surface area contributed by atoms with E-state index in [0.717, 1.165) is 22.2 Å². The molecular weight excluding hydrogens is 398 g/mol. The lowest BCUT2D eigenvalue weighted by molar-refractivity contribution is -0.384. The molecule has 9 nitrogen and oxygen atoms in total. The van der Waals surface area contributed by atoms with Crippen LogP contribution in [0.5, 0.6) is 5.75 Å². The number of benzene rings is 2. The van der Waals surface area contributed by atoms with Crippen LogP contribution in [0.15, 0.2) is 48.5 Å². The highest BCUT2D eigenvalue weighted by molar-refractivity contribution is 7.92. The van der Waals surface area contributed by atoms with E-state index in [4.69, 9.17) is 4.74 Å². The Morgan fingerprint density at radius 1 is 1.24 bits per heavy atom. The van der Waals surface area contributed by atoms with Crippen molar-refractivity contribution in [2.75, 3.05) is 23.7 Å². The van der Waals surface area contributed by atoms with E-state index < -0.39 is 27.4 Å². The van der Waals surface area contributed by atoms with Gasteiger partial charge in [-0.2, -0.15) is 0 Å². The minimum Gasteiger partial charge on any atom is -0.491 e. The third-order valence-corrected chi connectivity index (χ3v) is 5.09. The summed E-state index contributed by atoms with van der Waals surface area (Å²) in [6.45, 7) is 3.38. The van der Waals surface area contributed by atoms with Gasteiger partial charge in [0.05, 0.1) is 22.9 Å². The molecule has 0 unspecified atom stereocenters. The molecule has 1 amide bonds. The van der Waals surface area contributed by atoms with Crippen molar-refractivity contribution in [2.24, 2.45) is 0 Å². The van der Waals surface area contributed by atoms with Crippen LogP contribution in [0.2, 0.25) is 0 Å². The maximum atomic E-state index is 12.4. The van der Waals surface area contributed by atoms with Crippen molar-refractivity contribution in [3.63, 3.8) is 0 Å². The van der Waals surface area contributed by atoms with E-state index >= 15 is 0 Å². The van der Waals surface area contributed by atoms with Crippen molar-refractivity contribution in [3.8, 4) is 5.75 Å². The summed E-state index contributed by atoms with van der Waals surface area (Å²) in [6, 6.07) is 12.2. The highest BCUT2D eigenvalue weighted by Crippen LogP contribution is 2.23. The number of nitro benzene ring substituents is 1. The number of nitrogens with one attached hydrogen (secondary N) is 1. The number of anilines is 1. The molecule has 0 aromatic heterocycles. The molecule has 10 heteroatoms. The Balaban J connectivity index is 2.02. The summed E-state index contributed by atoms with van der Waals surface area (Å²) in [7, 11) is -3.83. The number of nitrogens with zero attached hydrogens (tertiary/aromatic N) is 2. The van der Waals surface area contributed by atoms with Gasteiger partial charge >= 0.3 is 0 Å². The van der Waals surface area contributed by atoms with Crippen molar-refractivity contribution in [1.29, 1.82) is 0 Å². The SMILES string of the molecule is Cc1ccc(OC[C@H](C)NC(=O)CN(c2cccc([N+](=O)[O-])c2)S(C)(=O)=O)cc1. The second kappa shape index (κ2) is 9.37. The minimum absolute atomic E-state index is 0.0420. The first-order valence-electron chi connectivity index (χ1n) is 8.77. The van der Waals surface area contributed by atoms with E-state index in [9.17, 15) is 23.3 Å². The maximum absolute atomic E-state index is 12.4. The smallest absolute Gasteiger partial charge is 0.271 e. The van der Waals surface area contributed by atoms with Crippen LogP contribution >= 0.6 is 0 Å². The maximum Gasteiger partial charge on any atom is 0.271 e. The van der Waals surface area contributed by atoms with Gasteiger partial charge in [-0.1, -0.05) is 23.8 Å². The molecule has 0 aliphatic heterocycles. The second-order valence-corrected chi connectivity index (χ2v) is 8.55. The number of amides is 1. The average Bonchev–Trinajstić information content (AvgIpc) is 2.65. The topological polar surface area (TPSA) is 119 Å². The van der Waals surface area contributed by atoms with Crippen molar-refractivity contribution < 1.29 is 22.9 Å². The van der Waals surface area contributed by atoms with Gasteiger partial charge < -0.3 is 10.1 Å². The van der Waals surface area contributed by atoms with E-state index in [1.54, 1.807) is 6.92 Å². The van der Waals surface area contributed by atoms with Gasteiger partial charge in [0.25, 0.3) is 5.69 Å². The third-order valence-electron chi connectivity index (χ3n) is 3.94. The largest absolute Gasteiger partial charge is 0.491 e. The third kappa shape index (κ3) is 6.75. The molecule has 2 rings (SSSR count). The number of ether oxygens (including phenoxy) is 1. The fourth-order valence-corrected chi connectivity index (χ4v) is 3.36. The summed E-state index contributed by atoms with van der Waals surface area (Å²) in [5, 5.41) is 13.6. The minimum atomic E-state index is -3.83. The standard InChI is InChI=1S/C19H23N3O6S/c1-14-7-9-18(10-8-14)28-13-15(2)20-19(23)12-21(29(3,26)27)16-5-4-6-17(11-16)22(24)25/h4-11,15H,12-13H2,1-3H3,(H,20,23)/t15-/m0/s1. The molecule has 0 saturated heterocycles. The van der Waals surface area contributed by atoms with Crippen molar-refractivity contribution in [1.82, 2.24) is 5.32 Å². The van der Waals surface area contributed by atoms with Crippen LogP contribution in [-0.2, 0) is 14.8 Å². The Kier molecular flexibility index (Phi) is 7.16. The molecule has 1 atom stereocenters. The summed E-state index contributed by atoms with van der Waals surface area (Å²) in [5.74, 6) is 0.105. The number of carbonyl (C=O) groups is 1. The van der Waals surface area contributed by atoms with Crippen molar-refractivity contribution >= 4 is 27.3 Å². The predicted octanol–water partition coefficient (Wildman–Crippen LogP) is 2.25. The van der Waals surface area contributed by atoms with E-state index in [0.29, 0.717) is 5.75 Å². The molecule has 0 aliphatic rings. The summed E-state index contributed by atoms with van der Waals surface area (Å²) in [4.78, 5) is 22.7. The zero-order valence-electron chi connectivity index (χ0n) is 16.4. The lowest BCUT2D eigenvalue weighted by Crippen LogP contribution is -2.44. The van der Waals surface area contributed by atoms with Gasteiger partial charge in [0.15, 0.2) is 0 Å². The summed E-state index contributed by atoms with van der Waals surface area (Å²) >= 11 is 0. The van der Waals surface area contributed by atoms with Gasteiger partial charge in [0, 0.05) is 12.1 Å². The first-order chi connectivity index (χ1) is 13.6. The second-order valence-electron chi connectivity index (χ2n) is 6.64. The monoisotopic (exact) mass is 421 g/mol. The zero-order valence-corrected chi connectivity index (χ0v) is 17.2. The zero-order chi connectivity index (χ0) is 21.6. The highest BCUT2D eigenvalue weighted by atomic mass is 32.2. The van der Waals surface area contributed by atoms with Crippen LogP contribution in [0.3, 0.4) is 0 Å². The number of hydrogen-bond acceptors (Lipinski definition) is 6. The molecule has 0 heterocycles. The van der Waals surface area contributed by atoms with Crippen molar-refractivity contribution in [3.05, 3.63) is 64.2 Å². The van der Waals surface area contributed by atoms with Gasteiger partial charge in [-0.05, 0) is 32.0 Å². The molecule has 0 bridgehead atoms. The molecule has 0 spiro atoms. The van der Waals surface area contributed by atoms with Gasteiger partial charge in [-0.3, -0.25) is 19.2 Å². The van der Waals surface area contributed by atoms with Crippen LogP contribution < -0.4 is 14.4 Å². The highest BCUT2D eigenvalue weighted by Gasteiger charge is 2.23. The van der Waals surface area contributed by atoms with Crippen LogP contribution in [0.25, 0.3) is 0 Å². The Bertz CT molecular complexity index is 976. The summed E-state index contributed by atoms with van der Waals surface area (Å²) in [6.07, 6.45) is 0.934. The Hall–Kier alpha value is -3.14. The van der Waals surface area contributed by atoms with E-state index in [1.807, 2.05) is 31.2 Å². The Morgan fingerprint density at radius 3 is 2.48 bits per heavy atom. The van der Waals surface area contributed by atoms with Gasteiger partial charge in [-0.25, -0.2) is 8.42 Å². The van der Waals surface area contributed by atoms with Gasteiger partial charge in [-0.15, -0.1) is 0 Å². The lowest BCUT2D eigenvalue weighted by Gasteiger charge is -2.23. The Morgan fingerprint density at radius 2 is 1.90 bits per heavy atom. The lowest BCUT2D eigenvalue weighted by atomic mass is 10.2. The normalized spacial score (nSPS) is 12.1. The fourth-order valence-electron chi connectivity index (χ4n) is 2.51. The van der Waals surface area contributed by atoms with Crippen molar-refractivity contribution in [2.45, 2.75) is 19.9 Å². The number of nitro groups is 1. The molecular formula is C19H23N3O6S. The van der Waals surface area contributed by atoms with E-state index in [-0.39, 0.29) is 24.0 Å². The molecule has 0 radical (unpaired) electrons. The molecule has 0 fully saturated rings. The van der Waals surface area contributed by atoms with Crippen LogP contribution in [0.1, 0.15) is 12.5 Å². The molecule has 2 aromatic rings. The molecule has 1 N–H and O–H groups in total. The molecule has 0 aliphatic carbocycles. The summed E-state index contributed by atoms with van der Waals surface area (Å²) < 4.78 is 30.7. The van der Waals surface area contributed by atoms with Crippen LogP contribution in [0, 0.1) is 17.0 Å². The van der Waals surface area contributed by atoms with E-state index in [1.165, 1.54) is 18.2 Å². The number of aryl methyl sites for hydroxylation is 1. The quantitative estimate of drug-likeness (QED) is 0.490. The number of carbonyl (C=O) groups excluding carboxylic acids is 1. The number of non-ortho nitro benzene ring substituents is 1. The number of hydrogen-bond donors (Lipinski definition) is 1. The predicted molar refractivity (Wildman–Crippen MR) is 110 cm³/mol. The summed E-state index contributed by atoms with van der Waals surface area (Å²) in [5.41, 5.74) is 0.873. The Labute approximate surface area is 169 Å². The first-order valence-corrected chi connectivity index (χ1v) is 10.6. The number of sulfonamides is 1. The molecule has 29 heavy (non-hydrogen) atoms. The van der Waals surface area contributed by atoms with Gasteiger partial charge in [0.2, 0.25) is 15.9 Å². The first kappa shape index (κ1) is 22.2. The number of rotatable bonds is 9. The van der Waals surface area contributed by atoms with Crippen LogP contribution in [-0.4, -0.2) is 44.7 Å². The van der Waals surface area contributed by atoms with Gasteiger partial charge in [0.1, 0.15) is 18.9 Å². The average molecular weight is 421 g/mol.